The highest BCUT2D eigenvalue weighted by molar-refractivity contribution is 5.67. The summed E-state index contributed by atoms with van der Waals surface area (Å²) in [6.07, 6.45) is 2.87. The van der Waals surface area contributed by atoms with Crippen molar-refractivity contribution in [2.45, 2.75) is 32.3 Å². The molecule has 0 fully saturated rings. The maximum absolute atomic E-state index is 10.7. The number of carbonyl (C=O) groups is 1. The summed E-state index contributed by atoms with van der Waals surface area (Å²) in [5.41, 5.74) is 2.29. The minimum atomic E-state index is -0.710. The van der Waals surface area contributed by atoms with E-state index >= 15 is 0 Å². The molecule has 1 aromatic heterocycles. The van der Waals surface area contributed by atoms with E-state index in [0.717, 1.165) is 30.8 Å². The zero-order chi connectivity index (χ0) is 12.4. The summed E-state index contributed by atoms with van der Waals surface area (Å²) in [6, 6.07) is 0. The van der Waals surface area contributed by atoms with E-state index in [1.54, 1.807) is 7.11 Å². The Labute approximate surface area is 100 Å². The van der Waals surface area contributed by atoms with Gasteiger partial charge < -0.3 is 14.4 Å². The van der Waals surface area contributed by atoms with Gasteiger partial charge in [-0.15, -0.1) is 0 Å². The molecule has 1 aliphatic rings. The number of carboxylic acid groups (broad SMARTS) is 1. The summed E-state index contributed by atoms with van der Waals surface area (Å²) in [4.78, 5) is 15.3. The Hall–Kier alpha value is -1.36. The van der Waals surface area contributed by atoms with Gasteiger partial charge in [0, 0.05) is 26.3 Å². The van der Waals surface area contributed by atoms with Crippen LogP contribution in [0.2, 0.25) is 0 Å². The first-order valence-electron chi connectivity index (χ1n) is 5.86. The van der Waals surface area contributed by atoms with Crippen molar-refractivity contribution in [3.8, 4) is 0 Å². The molecule has 1 aromatic rings. The molecule has 0 bridgehead atoms. The Morgan fingerprint density at radius 3 is 3.06 bits per heavy atom. The normalized spacial score (nSPS) is 19.1. The molecule has 2 rings (SSSR count). The van der Waals surface area contributed by atoms with Crippen molar-refractivity contribution in [3.05, 3.63) is 17.2 Å². The van der Waals surface area contributed by atoms with E-state index in [0.29, 0.717) is 6.61 Å². The van der Waals surface area contributed by atoms with Crippen molar-refractivity contribution >= 4 is 5.97 Å². The van der Waals surface area contributed by atoms with Crippen molar-refractivity contribution in [2.75, 3.05) is 7.11 Å². The summed E-state index contributed by atoms with van der Waals surface area (Å²) < 4.78 is 7.15. The molecular weight excluding hydrogens is 220 g/mol. The number of fused-ring (bicyclic) bond motifs is 1. The van der Waals surface area contributed by atoms with E-state index in [2.05, 4.69) is 4.98 Å². The average Bonchev–Trinajstić information content (AvgIpc) is 2.57. The summed E-state index contributed by atoms with van der Waals surface area (Å²) in [6.45, 7) is 0.507. The minimum absolute atomic E-state index is 0.241. The number of imidazole rings is 1. The topological polar surface area (TPSA) is 64.4 Å². The highest BCUT2D eigenvalue weighted by Crippen LogP contribution is 2.27. The fraction of sp³-hybridized carbons (Fsp3) is 0.667. The first-order valence-corrected chi connectivity index (χ1v) is 5.86. The number of carboxylic acids is 1. The molecule has 1 atom stereocenters. The zero-order valence-electron chi connectivity index (χ0n) is 10.3. The molecule has 0 aliphatic heterocycles. The molecule has 0 spiro atoms. The number of hydrogen-bond acceptors (Lipinski definition) is 3. The Kier molecular flexibility index (Phi) is 3.47. The van der Waals surface area contributed by atoms with Crippen LogP contribution in [-0.4, -0.2) is 27.7 Å². The third-order valence-corrected chi connectivity index (χ3v) is 3.40. The molecule has 94 valence electrons. The zero-order valence-corrected chi connectivity index (χ0v) is 10.3. The van der Waals surface area contributed by atoms with Gasteiger partial charge in [0.1, 0.15) is 12.4 Å². The lowest BCUT2D eigenvalue weighted by molar-refractivity contribution is -0.138. The highest BCUT2D eigenvalue weighted by atomic mass is 16.5. The van der Waals surface area contributed by atoms with E-state index in [9.17, 15) is 4.79 Å². The van der Waals surface area contributed by atoms with E-state index in [-0.39, 0.29) is 12.3 Å². The maximum Gasteiger partial charge on any atom is 0.303 e. The summed E-state index contributed by atoms with van der Waals surface area (Å²) in [7, 11) is 3.63. The molecule has 17 heavy (non-hydrogen) atoms. The van der Waals surface area contributed by atoms with Crippen LogP contribution in [-0.2, 0) is 36.0 Å². The quantitative estimate of drug-likeness (QED) is 0.854. The molecule has 0 saturated carbocycles. The van der Waals surface area contributed by atoms with Gasteiger partial charge in [0.2, 0.25) is 0 Å². The van der Waals surface area contributed by atoms with Gasteiger partial charge in [0.05, 0.1) is 5.69 Å². The number of hydrogen-bond donors (Lipinski definition) is 1. The maximum atomic E-state index is 10.7. The minimum Gasteiger partial charge on any atom is -0.481 e. The molecule has 1 unspecified atom stereocenters. The lowest BCUT2D eigenvalue weighted by atomic mass is 9.87. The molecule has 5 nitrogen and oxygen atoms in total. The smallest absolute Gasteiger partial charge is 0.303 e. The van der Waals surface area contributed by atoms with Crippen LogP contribution in [0, 0.1) is 5.92 Å². The second-order valence-corrected chi connectivity index (χ2v) is 4.62. The van der Waals surface area contributed by atoms with Crippen LogP contribution in [0.5, 0.6) is 0 Å². The second-order valence-electron chi connectivity index (χ2n) is 4.62. The number of aromatic nitrogens is 2. The standard InChI is InChI=1S/C12H18N2O3/c1-14-10-5-8(6-12(15)16)3-4-9(10)13-11(14)7-17-2/h8H,3-7H2,1-2H3,(H,15,16). The SMILES string of the molecule is COCc1nc2c(n1C)CC(CC(=O)O)CC2. The van der Waals surface area contributed by atoms with Gasteiger partial charge in [-0.05, 0) is 25.2 Å². The lowest BCUT2D eigenvalue weighted by Crippen LogP contribution is -2.19. The molecule has 5 heteroatoms. The molecule has 1 heterocycles. The fourth-order valence-electron chi connectivity index (χ4n) is 2.50. The van der Waals surface area contributed by atoms with Crippen LogP contribution in [0.1, 0.15) is 30.1 Å². The van der Waals surface area contributed by atoms with Crippen LogP contribution in [0.4, 0.5) is 0 Å². The molecule has 1 N–H and O–H groups in total. The second kappa shape index (κ2) is 4.87. The van der Waals surface area contributed by atoms with Crippen LogP contribution >= 0.6 is 0 Å². The van der Waals surface area contributed by atoms with Crippen molar-refractivity contribution in [3.63, 3.8) is 0 Å². The Balaban J connectivity index is 2.16. The summed E-state index contributed by atoms with van der Waals surface area (Å²) >= 11 is 0. The monoisotopic (exact) mass is 238 g/mol. The van der Waals surface area contributed by atoms with Crippen molar-refractivity contribution in [1.82, 2.24) is 9.55 Å². The predicted molar refractivity (Wildman–Crippen MR) is 61.7 cm³/mol. The number of rotatable bonds is 4. The van der Waals surface area contributed by atoms with Gasteiger partial charge >= 0.3 is 5.97 Å². The number of methoxy groups -OCH3 is 1. The molecule has 0 aromatic carbocycles. The number of aliphatic carboxylic acids is 1. The molecule has 0 saturated heterocycles. The van der Waals surface area contributed by atoms with Gasteiger partial charge in [-0.1, -0.05) is 0 Å². The number of ether oxygens (including phenoxy) is 1. The predicted octanol–water partition coefficient (Wildman–Crippen LogP) is 1.15. The summed E-state index contributed by atoms with van der Waals surface area (Å²) in [5, 5.41) is 8.83. The van der Waals surface area contributed by atoms with Crippen LogP contribution in [0.3, 0.4) is 0 Å². The van der Waals surface area contributed by atoms with E-state index in [1.165, 1.54) is 5.69 Å². The van der Waals surface area contributed by atoms with Crippen LogP contribution < -0.4 is 0 Å². The van der Waals surface area contributed by atoms with Crippen LogP contribution in [0.15, 0.2) is 0 Å². The van der Waals surface area contributed by atoms with Crippen molar-refractivity contribution in [1.29, 1.82) is 0 Å². The Morgan fingerprint density at radius 2 is 2.41 bits per heavy atom. The van der Waals surface area contributed by atoms with E-state index in [4.69, 9.17) is 9.84 Å². The first-order chi connectivity index (χ1) is 8.11. The van der Waals surface area contributed by atoms with Gasteiger partial charge in [-0.25, -0.2) is 4.98 Å². The van der Waals surface area contributed by atoms with Crippen molar-refractivity contribution in [2.24, 2.45) is 13.0 Å². The summed E-state index contributed by atoms with van der Waals surface area (Å²) in [5.74, 6) is 0.456. The molecule has 0 radical (unpaired) electrons. The molecule has 1 aliphatic carbocycles. The third kappa shape index (κ3) is 2.49. The van der Waals surface area contributed by atoms with Crippen LogP contribution in [0.25, 0.3) is 0 Å². The number of nitrogens with zero attached hydrogens (tertiary/aromatic N) is 2. The molecule has 0 amide bonds. The Bertz CT molecular complexity index is 426. The van der Waals surface area contributed by atoms with Gasteiger partial charge in [0.25, 0.3) is 0 Å². The largest absolute Gasteiger partial charge is 0.481 e. The Morgan fingerprint density at radius 1 is 1.65 bits per heavy atom. The highest BCUT2D eigenvalue weighted by Gasteiger charge is 2.25. The van der Waals surface area contributed by atoms with Gasteiger partial charge in [-0.3, -0.25) is 4.79 Å². The van der Waals surface area contributed by atoms with E-state index < -0.39 is 5.97 Å². The fourth-order valence-corrected chi connectivity index (χ4v) is 2.50. The van der Waals surface area contributed by atoms with E-state index in [1.807, 2.05) is 11.6 Å². The average molecular weight is 238 g/mol. The number of aryl methyl sites for hydroxylation is 1. The first kappa shape index (κ1) is 12.1. The lowest BCUT2D eigenvalue weighted by Gasteiger charge is -2.20. The van der Waals surface area contributed by atoms with Gasteiger partial charge in [-0.2, -0.15) is 0 Å². The molecular formula is C12H18N2O3. The third-order valence-electron chi connectivity index (χ3n) is 3.40. The van der Waals surface area contributed by atoms with Gasteiger partial charge in [0.15, 0.2) is 0 Å². The van der Waals surface area contributed by atoms with Crippen molar-refractivity contribution < 1.29 is 14.6 Å².